The van der Waals surface area contributed by atoms with Gasteiger partial charge in [0.05, 0.1) is 18.9 Å². The quantitative estimate of drug-likeness (QED) is 0.0175. The maximum Gasteiger partial charge on any atom is 0.326 e. The second kappa shape index (κ2) is 34.4. The Morgan fingerprint density at radius 3 is 1.30 bits per heavy atom. The fourth-order valence-corrected chi connectivity index (χ4v) is 7.36. The Hall–Kier alpha value is -7.13. The van der Waals surface area contributed by atoms with Gasteiger partial charge in [-0.15, -0.1) is 0 Å². The third kappa shape index (κ3) is 25.4. The molecule has 9 amide bonds. The first-order valence-electron chi connectivity index (χ1n) is 25.5. The zero-order valence-electron chi connectivity index (χ0n) is 45.3. The molecule has 0 fully saturated rings. The molecule has 0 radical (unpaired) electrons. The Morgan fingerprint density at radius 2 is 0.882 bits per heavy atom. The standard InChI is InChI=1S/C48H85N13O15/c1-11-24(8)35(50)43(71)54-27(16-17-33(63)64)39(67)58-31(21-34(65)66)41(69)57-30(20-32(49)62)40(68)56-29(19-22(4)5)42(70)59-36(23(6)7)44(72)60-38(26(10)13-3)46(74)61-37(25(9)12-2)45(73)55-28(47(75)76)15-14-18-53-48(51)52/h22-31,35-38H,11-21,50H2,1-10H3,(H2,49,62)(H,54,71)(H,55,73)(H,56,68)(H,57,69)(H,58,67)(H,59,70)(H,60,72)(H,61,74)(H,63,64)(H,65,66)(H,75,76)(H4,51,52,53)/t24-,25-,26-,27-,28-,29-,30-,31-,35-,36-,37-,38-/m0/s1. The monoisotopic (exact) mass is 1080 g/mol. The molecule has 0 aliphatic heterocycles. The number of carboxylic acid groups (broad SMARTS) is 3. The summed E-state index contributed by atoms with van der Waals surface area (Å²) in [5.74, 6) is -16.0. The molecular weight excluding hydrogens is 999 g/mol. The fourth-order valence-electron chi connectivity index (χ4n) is 7.36. The van der Waals surface area contributed by atoms with E-state index in [9.17, 15) is 72.9 Å². The maximum absolute atomic E-state index is 14.1. The number of carbonyl (C=O) groups is 12. The normalized spacial score (nSPS) is 15.9. The van der Waals surface area contributed by atoms with Crippen molar-refractivity contribution in [3.05, 3.63) is 0 Å². The number of guanidine groups is 1. The number of amides is 9. The molecule has 0 bridgehead atoms. The smallest absolute Gasteiger partial charge is 0.326 e. The zero-order chi connectivity index (χ0) is 58.7. The minimum Gasteiger partial charge on any atom is -0.481 e. The van der Waals surface area contributed by atoms with Gasteiger partial charge in [0.2, 0.25) is 53.2 Å². The highest BCUT2D eigenvalue weighted by Crippen LogP contribution is 2.16. The lowest BCUT2D eigenvalue weighted by Crippen LogP contribution is -2.62. The Kier molecular flexibility index (Phi) is 31.2. The van der Waals surface area contributed by atoms with Crippen molar-refractivity contribution >= 4 is 77.0 Å². The minimum absolute atomic E-state index is 0.0294. The highest BCUT2D eigenvalue weighted by Gasteiger charge is 2.38. The molecule has 0 saturated carbocycles. The van der Waals surface area contributed by atoms with Crippen molar-refractivity contribution in [3.63, 3.8) is 0 Å². The van der Waals surface area contributed by atoms with Crippen LogP contribution in [0.4, 0.5) is 0 Å². The van der Waals surface area contributed by atoms with E-state index in [4.69, 9.17) is 22.6 Å². The van der Waals surface area contributed by atoms with Crippen LogP contribution in [0.1, 0.15) is 133 Å². The van der Waals surface area contributed by atoms with E-state index in [0.29, 0.717) is 19.3 Å². The van der Waals surface area contributed by atoms with Crippen LogP contribution >= 0.6 is 0 Å². The number of carbonyl (C=O) groups excluding carboxylic acids is 9. The Labute approximate surface area is 443 Å². The number of nitrogens with two attached hydrogens (primary N) is 3. The summed E-state index contributed by atoms with van der Waals surface area (Å²) in [7, 11) is 0. The van der Waals surface area contributed by atoms with Crippen molar-refractivity contribution < 1.29 is 72.9 Å². The molecule has 0 rings (SSSR count). The van der Waals surface area contributed by atoms with Crippen LogP contribution in [0.25, 0.3) is 0 Å². The van der Waals surface area contributed by atoms with Gasteiger partial charge >= 0.3 is 17.9 Å². The largest absolute Gasteiger partial charge is 0.481 e. The van der Waals surface area contributed by atoms with Gasteiger partial charge in [-0.2, -0.15) is 0 Å². The second-order valence-corrected chi connectivity index (χ2v) is 19.8. The summed E-state index contributed by atoms with van der Waals surface area (Å²) in [6.45, 7) is 17.0. The molecule has 28 nitrogen and oxygen atoms in total. The molecule has 0 heterocycles. The molecule has 12 atom stereocenters. The number of nitrogens with one attached hydrogen (secondary N) is 10. The highest BCUT2D eigenvalue weighted by atomic mass is 16.4. The highest BCUT2D eigenvalue weighted by molar-refractivity contribution is 6.00. The average Bonchev–Trinajstić information content (AvgIpc) is 3.33. The first kappa shape index (κ1) is 68.9. The lowest BCUT2D eigenvalue weighted by atomic mass is 9.93. The maximum atomic E-state index is 14.1. The molecular formula is C48H85N13O15. The van der Waals surface area contributed by atoms with E-state index in [1.807, 2.05) is 0 Å². The third-order valence-electron chi connectivity index (χ3n) is 12.7. The number of aliphatic carboxylic acids is 3. The first-order chi connectivity index (χ1) is 35.3. The molecule has 0 aliphatic carbocycles. The van der Waals surface area contributed by atoms with Crippen LogP contribution in [0.5, 0.6) is 0 Å². The van der Waals surface area contributed by atoms with Crippen molar-refractivity contribution in [3.8, 4) is 0 Å². The number of rotatable bonds is 37. The summed E-state index contributed by atoms with van der Waals surface area (Å²) in [6.07, 6.45) is -1.83. The van der Waals surface area contributed by atoms with Crippen LogP contribution in [0.2, 0.25) is 0 Å². The van der Waals surface area contributed by atoms with Crippen LogP contribution in [0.3, 0.4) is 0 Å². The summed E-state index contributed by atoms with van der Waals surface area (Å²) < 4.78 is 0. The molecule has 0 aromatic heterocycles. The first-order valence-corrected chi connectivity index (χ1v) is 25.5. The summed E-state index contributed by atoms with van der Waals surface area (Å²) >= 11 is 0. The topological polar surface area (TPSA) is 476 Å². The SMILES string of the molecule is CC[C@H](C)[C@H](N)C(=O)N[C@@H](CCC(=O)O)C(=O)N[C@@H](CC(=O)O)C(=O)N[C@@H](CC(N)=O)C(=O)N[C@@H](CC(C)C)C(=O)N[C@H](C(=O)N[C@H](C(=O)N[C@H](C(=O)N[C@@H](CCCNC(=N)N)C(=O)O)[C@@H](C)CC)[C@@H](C)CC)C(C)C. The number of primary amides is 1. The van der Waals surface area contributed by atoms with Gasteiger partial charge in [0.25, 0.3) is 0 Å². The van der Waals surface area contributed by atoms with E-state index in [2.05, 4.69) is 47.9 Å². The van der Waals surface area contributed by atoms with Gasteiger partial charge in [-0.1, -0.05) is 88.5 Å². The second-order valence-electron chi connectivity index (χ2n) is 19.8. The Bertz CT molecular complexity index is 2040. The summed E-state index contributed by atoms with van der Waals surface area (Å²) in [6, 6.07) is -13.3. The summed E-state index contributed by atoms with van der Waals surface area (Å²) in [4.78, 5) is 158. The van der Waals surface area contributed by atoms with Gasteiger partial charge < -0.3 is 80.4 Å². The van der Waals surface area contributed by atoms with E-state index < -0.39 is 169 Å². The number of hydrogen-bond donors (Lipinski definition) is 16. The van der Waals surface area contributed by atoms with Gasteiger partial charge in [0.1, 0.15) is 48.3 Å². The van der Waals surface area contributed by atoms with Crippen molar-refractivity contribution in [1.29, 1.82) is 5.41 Å². The third-order valence-corrected chi connectivity index (χ3v) is 12.7. The Balaban J connectivity index is 6.66. The van der Waals surface area contributed by atoms with E-state index in [1.165, 1.54) is 0 Å². The number of hydrogen-bond acceptors (Lipinski definition) is 14. The van der Waals surface area contributed by atoms with E-state index in [-0.39, 0.29) is 43.6 Å². The van der Waals surface area contributed by atoms with Gasteiger partial charge in [-0.3, -0.25) is 58.1 Å². The van der Waals surface area contributed by atoms with Crippen molar-refractivity contribution in [1.82, 2.24) is 47.9 Å². The van der Waals surface area contributed by atoms with E-state index >= 15 is 0 Å². The van der Waals surface area contributed by atoms with Crippen molar-refractivity contribution in [2.24, 2.45) is 46.8 Å². The van der Waals surface area contributed by atoms with E-state index in [0.717, 1.165) is 0 Å². The summed E-state index contributed by atoms with van der Waals surface area (Å²) in [5.41, 5.74) is 16.7. The van der Waals surface area contributed by atoms with Crippen LogP contribution in [0, 0.1) is 35.0 Å². The molecule has 28 heteroatoms. The zero-order valence-corrected chi connectivity index (χ0v) is 45.3. The predicted molar refractivity (Wildman–Crippen MR) is 276 cm³/mol. The molecule has 19 N–H and O–H groups in total. The molecule has 0 aromatic carbocycles. The minimum atomic E-state index is -1.98. The molecule has 0 spiro atoms. The van der Waals surface area contributed by atoms with Gasteiger partial charge in [-0.05, 0) is 55.3 Å². The molecule has 0 aromatic rings. The molecule has 432 valence electrons. The van der Waals surface area contributed by atoms with E-state index in [1.54, 1.807) is 69.2 Å². The molecule has 0 unspecified atom stereocenters. The molecule has 0 aliphatic rings. The lowest BCUT2D eigenvalue weighted by Gasteiger charge is -2.31. The molecule has 76 heavy (non-hydrogen) atoms. The van der Waals surface area contributed by atoms with Gasteiger partial charge in [0, 0.05) is 13.0 Å². The van der Waals surface area contributed by atoms with Crippen LogP contribution < -0.4 is 65.1 Å². The molecule has 0 saturated heterocycles. The van der Waals surface area contributed by atoms with Crippen LogP contribution in [-0.2, 0) is 57.5 Å². The average molecular weight is 1080 g/mol. The predicted octanol–water partition coefficient (Wildman–Crippen LogP) is -2.40. The fraction of sp³-hybridized carbons (Fsp3) is 0.729. The lowest BCUT2D eigenvalue weighted by molar-refractivity contribution is -0.143. The van der Waals surface area contributed by atoms with Crippen molar-refractivity contribution in [2.45, 2.75) is 188 Å². The van der Waals surface area contributed by atoms with Gasteiger partial charge in [0.15, 0.2) is 5.96 Å². The van der Waals surface area contributed by atoms with Crippen molar-refractivity contribution in [2.75, 3.05) is 6.54 Å². The summed E-state index contributed by atoms with van der Waals surface area (Å²) in [5, 5.41) is 58.2. The Morgan fingerprint density at radius 1 is 0.474 bits per heavy atom. The van der Waals surface area contributed by atoms with Crippen LogP contribution in [-0.4, -0.2) is 153 Å². The number of carboxylic acids is 3. The van der Waals surface area contributed by atoms with Gasteiger partial charge in [-0.25, -0.2) is 4.79 Å². The van der Waals surface area contributed by atoms with Crippen LogP contribution in [0.15, 0.2) is 0 Å².